The molecule has 1 aliphatic heterocycles. The molecule has 1 fully saturated rings. The number of benzene rings is 1. The van der Waals surface area contributed by atoms with E-state index >= 15 is 0 Å². The molecule has 0 aromatic heterocycles. The largest absolute Gasteiger partial charge is 0.357 e. The van der Waals surface area contributed by atoms with Gasteiger partial charge in [0.2, 0.25) is 5.91 Å². The molecule has 27 heavy (non-hydrogen) atoms. The SMILES string of the molecule is CCNC(=NCc1ccc(CN2CCN(C)CC2)cc1)NCC(=O)N(C)C. The minimum atomic E-state index is 0.0221. The Balaban J connectivity index is 1.85. The number of likely N-dealkylation sites (N-methyl/N-ethyl adjacent to an activating group) is 2. The van der Waals surface area contributed by atoms with Crippen LogP contribution in [0, 0.1) is 0 Å². The average molecular weight is 375 g/mol. The number of carbonyl (C=O) groups is 1. The molecule has 0 atom stereocenters. The van der Waals surface area contributed by atoms with Gasteiger partial charge >= 0.3 is 0 Å². The molecule has 0 aliphatic carbocycles. The number of hydrogen-bond donors (Lipinski definition) is 2. The normalized spacial score (nSPS) is 16.2. The van der Waals surface area contributed by atoms with E-state index in [1.807, 2.05) is 6.92 Å². The molecule has 1 amide bonds. The van der Waals surface area contributed by atoms with Crippen LogP contribution in [0.4, 0.5) is 0 Å². The lowest BCUT2D eigenvalue weighted by atomic mass is 10.1. The quantitative estimate of drug-likeness (QED) is 0.540. The lowest BCUT2D eigenvalue weighted by molar-refractivity contribution is -0.127. The van der Waals surface area contributed by atoms with Crippen LogP contribution in [-0.2, 0) is 17.9 Å². The second-order valence-electron chi connectivity index (χ2n) is 7.23. The Kier molecular flexibility index (Phi) is 8.54. The molecule has 0 unspecified atom stereocenters. The summed E-state index contributed by atoms with van der Waals surface area (Å²) in [6.45, 7) is 9.14. The number of guanidine groups is 1. The van der Waals surface area contributed by atoms with Crippen molar-refractivity contribution in [2.75, 3.05) is 60.4 Å². The summed E-state index contributed by atoms with van der Waals surface area (Å²) in [5.74, 6) is 0.683. The topological polar surface area (TPSA) is 63.2 Å². The highest BCUT2D eigenvalue weighted by Crippen LogP contribution is 2.10. The fraction of sp³-hybridized carbons (Fsp3) is 0.600. The number of amides is 1. The summed E-state index contributed by atoms with van der Waals surface area (Å²) in [5.41, 5.74) is 2.50. The summed E-state index contributed by atoms with van der Waals surface area (Å²) in [6, 6.07) is 8.67. The van der Waals surface area contributed by atoms with Crippen molar-refractivity contribution < 1.29 is 4.79 Å². The molecular weight excluding hydrogens is 340 g/mol. The minimum absolute atomic E-state index is 0.0221. The first-order valence-corrected chi connectivity index (χ1v) is 9.69. The van der Waals surface area contributed by atoms with Gasteiger partial charge in [0.1, 0.15) is 0 Å². The fourth-order valence-corrected chi connectivity index (χ4v) is 2.84. The van der Waals surface area contributed by atoms with E-state index in [0.29, 0.717) is 12.5 Å². The van der Waals surface area contributed by atoms with Crippen LogP contribution >= 0.6 is 0 Å². The maximum atomic E-state index is 11.7. The van der Waals surface area contributed by atoms with Gasteiger partial charge in [0, 0.05) is 53.4 Å². The lowest BCUT2D eigenvalue weighted by Gasteiger charge is -2.32. The van der Waals surface area contributed by atoms with Crippen LogP contribution in [0.1, 0.15) is 18.1 Å². The van der Waals surface area contributed by atoms with Crippen LogP contribution in [0.15, 0.2) is 29.3 Å². The van der Waals surface area contributed by atoms with E-state index in [4.69, 9.17) is 0 Å². The third-order valence-corrected chi connectivity index (χ3v) is 4.69. The van der Waals surface area contributed by atoms with Gasteiger partial charge in [-0.1, -0.05) is 24.3 Å². The van der Waals surface area contributed by atoms with Crippen LogP contribution in [-0.4, -0.2) is 87.0 Å². The Labute approximate surface area is 163 Å². The van der Waals surface area contributed by atoms with Crippen LogP contribution in [0.2, 0.25) is 0 Å². The van der Waals surface area contributed by atoms with E-state index in [9.17, 15) is 4.79 Å². The van der Waals surface area contributed by atoms with Crippen molar-refractivity contribution >= 4 is 11.9 Å². The number of carbonyl (C=O) groups excluding carboxylic acids is 1. The van der Waals surface area contributed by atoms with Crippen molar-refractivity contribution in [3.05, 3.63) is 35.4 Å². The van der Waals surface area contributed by atoms with E-state index < -0.39 is 0 Å². The molecule has 0 saturated carbocycles. The molecule has 1 aliphatic rings. The smallest absolute Gasteiger partial charge is 0.241 e. The maximum absolute atomic E-state index is 11.7. The molecule has 150 valence electrons. The van der Waals surface area contributed by atoms with Gasteiger partial charge < -0.3 is 20.4 Å². The Morgan fingerprint density at radius 3 is 2.30 bits per heavy atom. The highest BCUT2D eigenvalue weighted by atomic mass is 16.2. The van der Waals surface area contributed by atoms with Gasteiger partial charge in [-0.3, -0.25) is 9.69 Å². The molecule has 0 spiro atoms. The third-order valence-electron chi connectivity index (χ3n) is 4.69. The van der Waals surface area contributed by atoms with E-state index in [1.54, 1.807) is 19.0 Å². The van der Waals surface area contributed by atoms with Gasteiger partial charge in [-0.15, -0.1) is 0 Å². The van der Waals surface area contributed by atoms with Crippen molar-refractivity contribution in [3.8, 4) is 0 Å². The second-order valence-corrected chi connectivity index (χ2v) is 7.23. The van der Waals surface area contributed by atoms with Crippen molar-refractivity contribution in [2.45, 2.75) is 20.0 Å². The van der Waals surface area contributed by atoms with Gasteiger partial charge in [-0.25, -0.2) is 4.99 Å². The van der Waals surface area contributed by atoms with E-state index in [1.165, 1.54) is 5.56 Å². The van der Waals surface area contributed by atoms with Crippen LogP contribution in [0.25, 0.3) is 0 Å². The van der Waals surface area contributed by atoms with Crippen molar-refractivity contribution in [1.82, 2.24) is 25.3 Å². The second kappa shape index (κ2) is 10.9. The number of nitrogens with one attached hydrogen (secondary N) is 2. The molecule has 1 saturated heterocycles. The third kappa shape index (κ3) is 7.56. The van der Waals surface area contributed by atoms with Crippen LogP contribution in [0.5, 0.6) is 0 Å². The first-order chi connectivity index (χ1) is 13.0. The van der Waals surface area contributed by atoms with Crippen molar-refractivity contribution in [3.63, 3.8) is 0 Å². The Bertz CT molecular complexity index is 605. The summed E-state index contributed by atoms with van der Waals surface area (Å²) in [7, 11) is 5.68. The zero-order valence-corrected chi connectivity index (χ0v) is 17.2. The predicted octanol–water partition coefficient (Wildman–Crippen LogP) is 0.577. The first kappa shape index (κ1) is 21.2. The lowest BCUT2D eigenvalue weighted by Crippen LogP contribution is -2.43. The molecular formula is C20H34N6O. The summed E-state index contributed by atoms with van der Waals surface area (Å²) in [6.07, 6.45) is 0. The van der Waals surface area contributed by atoms with Crippen molar-refractivity contribution in [2.24, 2.45) is 4.99 Å². The highest BCUT2D eigenvalue weighted by Gasteiger charge is 2.13. The number of rotatable bonds is 7. The van der Waals surface area contributed by atoms with Gasteiger partial charge in [0.25, 0.3) is 0 Å². The average Bonchev–Trinajstić information content (AvgIpc) is 2.66. The van der Waals surface area contributed by atoms with Gasteiger partial charge in [-0.05, 0) is 25.1 Å². The molecule has 2 rings (SSSR count). The Morgan fingerprint density at radius 1 is 1.07 bits per heavy atom. The number of aliphatic imine (C=N–C) groups is 1. The van der Waals surface area contributed by atoms with E-state index in [-0.39, 0.29) is 12.5 Å². The number of hydrogen-bond acceptors (Lipinski definition) is 4. The van der Waals surface area contributed by atoms with Gasteiger partial charge in [0.15, 0.2) is 5.96 Å². The van der Waals surface area contributed by atoms with Crippen LogP contribution < -0.4 is 10.6 Å². The predicted molar refractivity (Wildman–Crippen MR) is 111 cm³/mol. The van der Waals surface area contributed by atoms with Gasteiger partial charge in [-0.2, -0.15) is 0 Å². The Hall–Kier alpha value is -2.12. The summed E-state index contributed by atoms with van der Waals surface area (Å²) in [5, 5.41) is 6.25. The number of piperazine rings is 1. The molecule has 1 aromatic carbocycles. The molecule has 7 nitrogen and oxygen atoms in total. The van der Waals surface area contributed by atoms with E-state index in [0.717, 1.165) is 44.8 Å². The zero-order valence-electron chi connectivity index (χ0n) is 17.2. The molecule has 0 bridgehead atoms. The fourth-order valence-electron chi connectivity index (χ4n) is 2.84. The first-order valence-electron chi connectivity index (χ1n) is 9.69. The Morgan fingerprint density at radius 2 is 1.70 bits per heavy atom. The van der Waals surface area contributed by atoms with Crippen molar-refractivity contribution in [1.29, 1.82) is 0 Å². The maximum Gasteiger partial charge on any atom is 0.241 e. The summed E-state index contributed by atoms with van der Waals surface area (Å²) >= 11 is 0. The molecule has 2 N–H and O–H groups in total. The van der Waals surface area contributed by atoms with E-state index in [2.05, 4.69) is 56.7 Å². The summed E-state index contributed by atoms with van der Waals surface area (Å²) in [4.78, 5) is 22.7. The molecule has 0 radical (unpaired) electrons. The molecule has 1 heterocycles. The standard InChI is InChI=1S/C20H34N6O/c1-5-21-20(23-15-19(27)24(2)3)22-14-17-6-8-18(9-7-17)16-26-12-10-25(4)11-13-26/h6-9H,5,10-16H2,1-4H3,(H2,21,22,23). The van der Waals surface area contributed by atoms with Crippen LogP contribution in [0.3, 0.4) is 0 Å². The zero-order chi connectivity index (χ0) is 19.6. The number of nitrogens with zero attached hydrogens (tertiary/aromatic N) is 4. The molecule has 1 aromatic rings. The summed E-state index contributed by atoms with van der Waals surface area (Å²) < 4.78 is 0. The minimum Gasteiger partial charge on any atom is -0.357 e. The highest BCUT2D eigenvalue weighted by molar-refractivity contribution is 5.86. The van der Waals surface area contributed by atoms with Gasteiger partial charge in [0.05, 0.1) is 13.1 Å². The monoisotopic (exact) mass is 374 g/mol. The molecule has 7 heteroatoms.